The van der Waals surface area contributed by atoms with Gasteiger partial charge >= 0.3 is 0 Å². The van der Waals surface area contributed by atoms with Crippen LogP contribution in [-0.4, -0.2) is 28.0 Å². The Balaban J connectivity index is 1.76. The minimum Gasteiger partial charge on any atom is -0.493 e. The predicted molar refractivity (Wildman–Crippen MR) is 96.0 cm³/mol. The van der Waals surface area contributed by atoms with E-state index in [9.17, 15) is 0 Å². The lowest BCUT2D eigenvalue weighted by molar-refractivity contribution is 0.298. The van der Waals surface area contributed by atoms with E-state index >= 15 is 0 Å². The number of nitrogens with one attached hydrogen (secondary N) is 2. The number of ether oxygens (including phenoxy) is 4. The van der Waals surface area contributed by atoms with Crippen molar-refractivity contribution in [2.45, 2.75) is 6.61 Å². The van der Waals surface area contributed by atoms with Gasteiger partial charge in [0.15, 0.2) is 11.5 Å². The van der Waals surface area contributed by atoms with E-state index in [1.54, 1.807) is 21.3 Å². The molecule has 1 aliphatic rings. The molecule has 0 amide bonds. The summed E-state index contributed by atoms with van der Waals surface area (Å²) in [6, 6.07) is 11.7. The van der Waals surface area contributed by atoms with Gasteiger partial charge in [0.1, 0.15) is 12.4 Å². The van der Waals surface area contributed by atoms with Crippen molar-refractivity contribution >= 4 is 5.70 Å². The standard InChI is InChI=1S/C19H22N2O4/c1-22-17-7-13(8-18(23-2)19(17)24-3)11-25-15-6-4-5-14(9-15)16-10-20-12-21-16/h4-10,20-21H,11-12H2,1-3H3. The summed E-state index contributed by atoms with van der Waals surface area (Å²) in [5.74, 6) is 2.59. The van der Waals surface area contributed by atoms with Crippen LogP contribution in [0.2, 0.25) is 0 Å². The Morgan fingerprint density at radius 2 is 1.72 bits per heavy atom. The molecule has 3 rings (SSSR count). The maximum atomic E-state index is 5.94. The van der Waals surface area contributed by atoms with Crippen LogP contribution in [0.25, 0.3) is 5.70 Å². The summed E-state index contributed by atoms with van der Waals surface area (Å²) in [6.45, 7) is 1.14. The zero-order chi connectivity index (χ0) is 17.6. The molecule has 6 nitrogen and oxygen atoms in total. The molecule has 2 aromatic rings. The molecule has 0 spiro atoms. The number of rotatable bonds is 7. The molecule has 0 aliphatic carbocycles. The average Bonchev–Trinajstić information content (AvgIpc) is 3.20. The highest BCUT2D eigenvalue weighted by atomic mass is 16.5. The SMILES string of the molecule is COc1cc(COc2cccc(C3=CNCN3)c2)cc(OC)c1OC. The molecule has 0 saturated carbocycles. The molecule has 25 heavy (non-hydrogen) atoms. The lowest BCUT2D eigenvalue weighted by Gasteiger charge is -2.15. The smallest absolute Gasteiger partial charge is 0.203 e. The summed E-state index contributed by atoms with van der Waals surface area (Å²) in [5.41, 5.74) is 3.06. The van der Waals surface area contributed by atoms with Crippen LogP contribution in [0.1, 0.15) is 11.1 Å². The van der Waals surface area contributed by atoms with Crippen LogP contribution in [-0.2, 0) is 6.61 Å². The molecule has 1 aliphatic heterocycles. The van der Waals surface area contributed by atoms with Crippen molar-refractivity contribution in [1.82, 2.24) is 10.6 Å². The highest BCUT2D eigenvalue weighted by molar-refractivity contribution is 5.66. The summed E-state index contributed by atoms with van der Waals surface area (Å²) in [4.78, 5) is 0. The highest BCUT2D eigenvalue weighted by Gasteiger charge is 2.13. The molecule has 0 unspecified atom stereocenters. The minimum atomic E-state index is 0.394. The molecule has 2 N–H and O–H groups in total. The van der Waals surface area contributed by atoms with E-state index in [0.717, 1.165) is 29.2 Å². The van der Waals surface area contributed by atoms with Crippen LogP contribution in [0.3, 0.4) is 0 Å². The summed E-state index contributed by atoms with van der Waals surface area (Å²) >= 11 is 0. The minimum absolute atomic E-state index is 0.394. The Bertz CT molecular complexity index is 749. The van der Waals surface area contributed by atoms with Crippen molar-refractivity contribution in [3.05, 3.63) is 53.7 Å². The largest absolute Gasteiger partial charge is 0.493 e. The summed E-state index contributed by atoms with van der Waals surface area (Å²) < 4.78 is 22.0. The van der Waals surface area contributed by atoms with Gasteiger partial charge in [0, 0.05) is 11.8 Å². The lowest BCUT2D eigenvalue weighted by Crippen LogP contribution is -2.13. The Hall–Kier alpha value is -3.02. The molecule has 0 radical (unpaired) electrons. The molecule has 2 aromatic carbocycles. The topological polar surface area (TPSA) is 61.0 Å². The normalized spacial score (nSPS) is 12.7. The summed E-state index contributed by atoms with van der Waals surface area (Å²) in [5, 5.41) is 6.39. The van der Waals surface area contributed by atoms with Crippen LogP contribution >= 0.6 is 0 Å². The maximum absolute atomic E-state index is 5.94. The molecule has 0 saturated heterocycles. The van der Waals surface area contributed by atoms with E-state index in [0.29, 0.717) is 23.9 Å². The number of methoxy groups -OCH3 is 3. The van der Waals surface area contributed by atoms with Gasteiger partial charge in [0.05, 0.1) is 33.7 Å². The maximum Gasteiger partial charge on any atom is 0.203 e. The first-order chi connectivity index (χ1) is 12.2. The van der Waals surface area contributed by atoms with Gasteiger partial charge in [-0.3, -0.25) is 0 Å². The molecular weight excluding hydrogens is 320 g/mol. The third-order valence-electron chi connectivity index (χ3n) is 3.90. The van der Waals surface area contributed by atoms with Crippen molar-refractivity contribution in [2.75, 3.05) is 28.0 Å². The molecule has 6 heteroatoms. The van der Waals surface area contributed by atoms with Gasteiger partial charge in [-0.1, -0.05) is 12.1 Å². The summed E-state index contributed by atoms with van der Waals surface area (Å²) in [6.07, 6.45) is 1.96. The predicted octanol–water partition coefficient (Wildman–Crippen LogP) is 2.74. The van der Waals surface area contributed by atoms with Gasteiger partial charge in [0.25, 0.3) is 0 Å². The monoisotopic (exact) mass is 342 g/mol. The number of hydrogen-bond acceptors (Lipinski definition) is 6. The first-order valence-corrected chi connectivity index (χ1v) is 7.94. The average molecular weight is 342 g/mol. The second-order valence-electron chi connectivity index (χ2n) is 5.47. The van der Waals surface area contributed by atoms with Gasteiger partial charge in [0.2, 0.25) is 5.75 Å². The van der Waals surface area contributed by atoms with Gasteiger partial charge < -0.3 is 29.6 Å². The highest BCUT2D eigenvalue weighted by Crippen LogP contribution is 2.38. The molecule has 0 bridgehead atoms. The first-order valence-electron chi connectivity index (χ1n) is 7.94. The van der Waals surface area contributed by atoms with E-state index in [4.69, 9.17) is 18.9 Å². The fraction of sp³-hybridized carbons (Fsp3) is 0.263. The lowest BCUT2D eigenvalue weighted by atomic mass is 10.1. The van der Waals surface area contributed by atoms with Crippen LogP contribution in [0.15, 0.2) is 42.6 Å². The number of benzene rings is 2. The van der Waals surface area contributed by atoms with Gasteiger partial charge in [-0.15, -0.1) is 0 Å². The Morgan fingerprint density at radius 1 is 0.960 bits per heavy atom. The Morgan fingerprint density at radius 3 is 2.32 bits per heavy atom. The Labute approximate surface area is 147 Å². The molecule has 1 heterocycles. The quantitative estimate of drug-likeness (QED) is 0.807. The van der Waals surface area contributed by atoms with Crippen molar-refractivity contribution in [1.29, 1.82) is 0 Å². The second-order valence-corrected chi connectivity index (χ2v) is 5.47. The second kappa shape index (κ2) is 7.70. The zero-order valence-electron chi connectivity index (χ0n) is 14.6. The van der Waals surface area contributed by atoms with Gasteiger partial charge in [-0.05, 0) is 29.8 Å². The van der Waals surface area contributed by atoms with E-state index in [2.05, 4.69) is 10.6 Å². The Kier molecular flexibility index (Phi) is 5.18. The van der Waals surface area contributed by atoms with E-state index in [-0.39, 0.29) is 0 Å². The van der Waals surface area contributed by atoms with Gasteiger partial charge in [-0.25, -0.2) is 0 Å². The third kappa shape index (κ3) is 3.74. The van der Waals surface area contributed by atoms with Crippen molar-refractivity contribution in [2.24, 2.45) is 0 Å². The summed E-state index contributed by atoms with van der Waals surface area (Å²) in [7, 11) is 4.78. The molecule has 0 fully saturated rings. The molecular formula is C19H22N2O4. The van der Waals surface area contributed by atoms with Crippen LogP contribution in [0, 0.1) is 0 Å². The fourth-order valence-electron chi connectivity index (χ4n) is 2.67. The van der Waals surface area contributed by atoms with E-state index in [1.807, 2.05) is 42.6 Å². The third-order valence-corrected chi connectivity index (χ3v) is 3.90. The molecule has 0 atom stereocenters. The van der Waals surface area contributed by atoms with Crippen LogP contribution in [0.4, 0.5) is 0 Å². The van der Waals surface area contributed by atoms with Gasteiger partial charge in [-0.2, -0.15) is 0 Å². The van der Waals surface area contributed by atoms with Crippen molar-refractivity contribution < 1.29 is 18.9 Å². The number of hydrogen-bond donors (Lipinski definition) is 2. The van der Waals surface area contributed by atoms with Crippen molar-refractivity contribution in [3.63, 3.8) is 0 Å². The molecule has 0 aromatic heterocycles. The van der Waals surface area contributed by atoms with E-state index in [1.165, 1.54) is 0 Å². The zero-order valence-corrected chi connectivity index (χ0v) is 14.6. The van der Waals surface area contributed by atoms with E-state index < -0.39 is 0 Å². The first kappa shape index (κ1) is 16.8. The van der Waals surface area contributed by atoms with Crippen LogP contribution < -0.4 is 29.6 Å². The van der Waals surface area contributed by atoms with Crippen molar-refractivity contribution in [3.8, 4) is 23.0 Å². The fourth-order valence-corrected chi connectivity index (χ4v) is 2.67. The molecule has 132 valence electrons. The van der Waals surface area contributed by atoms with Crippen LogP contribution in [0.5, 0.6) is 23.0 Å².